The van der Waals surface area contributed by atoms with E-state index in [2.05, 4.69) is 10.6 Å². The van der Waals surface area contributed by atoms with Crippen molar-refractivity contribution in [1.29, 1.82) is 0 Å². The molecule has 2 rings (SSSR count). The first-order valence-corrected chi connectivity index (χ1v) is 8.03. The number of unbranched alkanes of at least 4 members (excludes halogenated alkanes) is 1. The molecule has 2 aromatic heterocycles. The van der Waals surface area contributed by atoms with E-state index in [4.69, 9.17) is 0 Å². The van der Waals surface area contributed by atoms with Crippen molar-refractivity contribution in [2.45, 2.75) is 12.8 Å². The number of carbonyl (C=O) groups is 2. The van der Waals surface area contributed by atoms with Gasteiger partial charge in [-0.25, -0.2) is 9.13 Å². The summed E-state index contributed by atoms with van der Waals surface area (Å²) in [5.74, 6) is -0.145. The molecule has 0 spiro atoms. The van der Waals surface area contributed by atoms with Crippen LogP contribution in [-0.4, -0.2) is 24.9 Å². The average molecular weight is 328 g/mol. The number of nitrogens with one attached hydrogen (secondary N) is 2. The van der Waals surface area contributed by atoms with E-state index in [-0.39, 0.29) is 11.8 Å². The zero-order valence-electron chi connectivity index (χ0n) is 14.2. The van der Waals surface area contributed by atoms with E-state index in [1.807, 2.05) is 48.0 Å². The third-order valence-electron chi connectivity index (χ3n) is 3.66. The number of hydrogen-bond donors (Lipinski definition) is 2. The van der Waals surface area contributed by atoms with Crippen LogP contribution in [0.2, 0.25) is 0 Å². The van der Waals surface area contributed by atoms with Crippen LogP contribution in [0.4, 0.5) is 0 Å². The van der Waals surface area contributed by atoms with Crippen LogP contribution in [0.5, 0.6) is 0 Å². The topological polar surface area (TPSA) is 66.0 Å². The molecule has 0 aliphatic heterocycles. The highest BCUT2D eigenvalue weighted by molar-refractivity contribution is 5.94. The molecule has 0 radical (unpaired) electrons. The molecule has 0 aliphatic rings. The monoisotopic (exact) mass is 328 g/mol. The first-order chi connectivity index (χ1) is 11.6. The van der Waals surface area contributed by atoms with E-state index >= 15 is 0 Å². The van der Waals surface area contributed by atoms with Gasteiger partial charge in [-0.1, -0.05) is 0 Å². The number of aryl methyl sites for hydroxylation is 2. The molecule has 0 saturated carbocycles. The lowest BCUT2D eigenvalue weighted by Crippen LogP contribution is -2.30. The Labute approximate surface area is 142 Å². The summed E-state index contributed by atoms with van der Waals surface area (Å²) in [4.78, 5) is 23.8. The van der Waals surface area contributed by atoms with Crippen molar-refractivity contribution in [2.75, 3.05) is 13.1 Å². The van der Waals surface area contributed by atoms with Crippen LogP contribution in [0.25, 0.3) is 0 Å². The smallest absolute Gasteiger partial charge is 0.251 e. The van der Waals surface area contributed by atoms with Gasteiger partial charge >= 0.3 is 0 Å². The Morgan fingerprint density at radius 1 is 0.750 bits per heavy atom. The Morgan fingerprint density at radius 2 is 1.08 bits per heavy atom. The normalized spacial score (nSPS) is 10.2. The second kappa shape index (κ2) is 8.76. The quantitative estimate of drug-likeness (QED) is 0.566. The Bertz CT molecular complexity index is 620. The molecule has 2 heterocycles. The third kappa shape index (κ3) is 5.46. The number of amides is 2. The van der Waals surface area contributed by atoms with Crippen LogP contribution in [-0.2, 0) is 14.1 Å². The molecule has 0 fully saturated rings. The molecule has 0 bridgehead atoms. The molecular weight excluding hydrogens is 304 g/mol. The molecule has 6 heteroatoms. The second-order valence-electron chi connectivity index (χ2n) is 5.72. The van der Waals surface area contributed by atoms with Crippen LogP contribution >= 0.6 is 0 Å². The number of aromatic nitrogens is 2. The van der Waals surface area contributed by atoms with E-state index in [1.54, 1.807) is 24.3 Å². The van der Waals surface area contributed by atoms with E-state index < -0.39 is 0 Å². The fourth-order valence-corrected chi connectivity index (χ4v) is 2.16. The summed E-state index contributed by atoms with van der Waals surface area (Å²) in [7, 11) is 3.82. The summed E-state index contributed by atoms with van der Waals surface area (Å²) in [6, 6.07) is 7.15. The zero-order chi connectivity index (χ0) is 17.4. The lowest BCUT2D eigenvalue weighted by molar-refractivity contribution is -0.671. The first kappa shape index (κ1) is 17.6. The lowest BCUT2D eigenvalue weighted by Gasteiger charge is -2.06. The van der Waals surface area contributed by atoms with Crippen molar-refractivity contribution in [3.8, 4) is 0 Å². The fourth-order valence-electron chi connectivity index (χ4n) is 2.16. The molecular formula is C18H24N4O2+2. The number of hydrogen-bond acceptors (Lipinski definition) is 2. The number of nitrogens with zero attached hydrogens (tertiary/aromatic N) is 2. The van der Waals surface area contributed by atoms with Gasteiger partial charge in [0.1, 0.15) is 14.1 Å². The van der Waals surface area contributed by atoms with E-state index in [0.29, 0.717) is 24.2 Å². The average Bonchev–Trinajstić information content (AvgIpc) is 2.58. The Balaban J connectivity index is 1.61. The van der Waals surface area contributed by atoms with Gasteiger partial charge in [-0.15, -0.1) is 0 Å². The minimum atomic E-state index is -0.0724. The predicted octanol–water partition coefficient (Wildman–Crippen LogP) is 0.276. The molecule has 0 unspecified atom stereocenters. The number of pyridine rings is 2. The van der Waals surface area contributed by atoms with Gasteiger partial charge in [0.25, 0.3) is 11.8 Å². The van der Waals surface area contributed by atoms with Gasteiger partial charge in [-0.2, -0.15) is 0 Å². The standard InChI is InChI=1S/C18H22N4O2/c1-21-11-5-15(6-12-21)17(23)19-9-3-4-10-20-18(24)16-7-13-22(2)14-8-16/h5-8,11-14H,3-4,9-10H2,1-2H3/p+2. The molecule has 2 amide bonds. The Morgan fingerprint density at radius 3 is 1.42 bits per heavy atom. The number of carbonyl (C=O) groups excluding carboxylic acids is 2. The van der Waals surface area contributed by atoms with E-state index in [9.17, 15) is 9.59 Å². The molecule has 126 valence electrons. The van der Waals surface area contributed by atoms with E-state index in [1.165, 1.54) is 0 Å². The van der Waals surface area contributed by atoms with Crippen LogP contribution in [0.3, 0.4) is 0 Å². The summed E-state index contributed by atoms with van der Waals surface area (Å²) in [5, 5.41) is 5.76. The molecule has 0 atom stereocenters. The maximum absolute atomic E-state index is 11.9. The van der Waals surface area contributed by atoms with Crippen molar-refractivity contribution in [3.05, 3.63) is 60.2 Å². The molecule has 0 aliphatic carbocycles. The molecule has 24 heavy (non-hydrogen) atoms. The SMILES string of the molecule is C[n+]1ccc(C(=O)NCCCCNC(=O)c2cc[n+](C)cc2)cc1. The molecule has 0 saturated heterocycles. The highest BCUT2D eigenvalue weighted by Crippen LogP contribution is 1.97. The van der Waals surface area contributed by atoms with Crippen LogP contribution in [0.1, 0.15) is 33.6 Å². The van der Waals surface area contributed by atoms with Crippen molar-refractivity contribution in [2.24, 2.45) is 14.1 Å². The maximum atomic E-state index is 11.9. The van der Waals surface area contributed by atoms with Gasteiger partial charge < -0.3 is 10.6 Å². The van der Waals surface area contributed by atoms with Gasteiger partial charge in [-0.05, 0) is 12.8 Å². The highest BCUT2D eigenvalue weighted by Gasteiger charge is 2.07. The van der Waals surface area contributed by atoms with Crippen molar-refractivity contribution in [3.63, 3.8) is 0 Å². The summed E-state index contributed by atoms with van der Waals surface area (Å²) in [6.07, 6.45) is 9.00. The van der Waals surface area contributed by atoms with Crippen LogP contribution in [0, 0.1) is 0 Å². The fraction of sp³-hybridized carbons (Fsp3) is 0.333. The van der Waals surface area contributed by atoms with Crippen molar-refractivity contribution >= 4 is 11.8 Å². The molecule has 2 aromatic rings. The van der Waals surface area contributed by atoms with Crippen molar-refractivity contribution in [1.82, 2.24) is 10.6 Å². The highest BCUT2D eigenvalue weighted by atomic mass is 16.2. The van der Waals surface area contributed by atoms with Gasteiger partial charge in [0.15, 0.2) is 24.8 Å². The lowest BCUT2D eigenvalue weighted by atomic mass is 10.2. The zero-order valence-corrected chi connectivity index (χ0v) is 14.2. The maximum Gasteiger partial charge on any atom is 0.251 e. The summed E-state index contributed by atoms with van der Waals surface area (Å²) < 4.78 is 3.76. The van der Waals surface area contributed by atoms with Gasteiger partial charge in [0.05, 0.1) is 11.1 Å². The van der Waals surface area contributed by atoms with Crippen LogP contribution in [0.15, 0.2) is 49.1 Å². The van der Waals surface area contributed by atoms with Crippen molar-refractivity contribution < 1.29 is 18.7 Å². The van der Waals surface area contributed by atoms with Gasteiger partial charge in [0.2, 0.25) is 0 Å². The summed E-state index contributed by atoms with van der Waals surface area (Å²) in [6.45, 7) is 1.19. The largest absolute Gasteiger partial charge is 0.352 e. The molecule has 6 nitrogen and oxygen atoms in total. The molecule has 2 N–H and O–H groups in total. The first-order valence-electron chi connectivity index (χ1n) is 8.03. The minimum Gasteiger partial charge on any atom is -0.352 e. The molecule has 0 aromatic carbocycles. The second-order valence-corrected chi connectivity index (χ2v) is 5.72. The Hall–Kier alpha value is -2.76. The Kier molecular flexibility index (Phi) is 6.42. The summed E-state index contributed by atoms with van der Waals surface area (Å²) >= 11 is 0. The van der Waals surface area contributed by atoms with Gasteiger partial charge in [-0.3, -0.25) is 9.59 Å². The predicted molar refractivity (Wildman–Crippen MR) is 89.1 cm³/mol. The van der Waals surface area contributed by atoms with Gasteiger partial charge in [0, 0.05) is 37.4 Å². The van der Waals surface area contributed by atoms with Crippen LogP contribution < -0.4 is 19.8 Å². The number of rotatable bonds is 7. The summed E-state index contributed by atoms with van der Waals surface area (Å²) in [5.41, 5.74) is 1.30. The van der Waals surface area contributed by atoms with E-state index in [0.717, 1.165) is 12.8 Å². The third-order valence-corrected chi connectivity index (χ3v) is 3.66. The minimum absolute atomic E-state index is 0.0724.